The summed E-state index contributed by atoms with van der Waals surface area (Å²) in [6, 6.07) is 0. The van der Waals surface area contributed by atoms with E-state index in [1.54, 1.807) is 0 Å². The predicted octanol–water partition coefficient (Wildman–Crippen LogP) is 1.08. The van der Waals surface area contributed by atoms with Gasteiger partial charge in [0.05, 0.1) is 0 Å². The van der Waals surface area contributed by atoms with Crippen molar-refractivity contribution < 1.29 is 9.66 Å². The molecule has 0 saturated carbocycles. The van der Waals surface area contributed by atoms with Crippen LogP contribution in [-0.2, 0) is 4.74 Å². The topological polar surface area (TPSA) is 52.4 Å². The van der Waals surface area contributed by atoms with Crippen LogP contribution in [0, 0.1) is 10.1 Å². The lowest BCUT2D eigenvalue weighted by Gasteiger charge is -1.96. The molecule has 0 rings (SSSR count). The van der Waals surface area contributed by atoms with Gasteiger partial charge in [0.25, 0.3) is 0 Å². The highest BCUT2D eigenvalue weighted by atomic mass is 16.6. The van der Waals surface area contributed by atoms with Crippen LogP contribution in [0.15, 0.2) is 0 Å². The molecule has 60 valence electrons. The molecule has 0 spiro atoms. The fourth-order valence-corrected chi connectivity index (χ4v) is 0.589. The summed E-state index contributed by atoms with van der Waals surface area (Å²) in [6.45, 7) is 3.31. The highest BCUT2D eigenvalue weighted by Crippen LogP contribution is 1.89. The monoisotopic (exact) mass is 147 g/mol. The van der Waals surface area contributed by atoms with E-state index in [0.717, 1.165) is 6.42 Å². The maximum absolute atomic E-state index is 9.80. The number of ether oxygens (including phenoxy) is 1. The predicted molar refractivity (Wildman–Crippen MR) is 37.6 cm³/mol. The molecule has 0 aliphatic heterocycles. The average molecular weight is 147 g/mol. The van der Waals surface area contributed by atoms with E-state index in [9.17, 15) is 10.1 Å². The SMILES string of the molecule is CCOCCCC[N+](=O)[O-]. The van der Waals surface area contributed by atoms with Crippen molar-refractivity contribution >= 4 is 0 Å². The molecule has 0 saturated heterocycles. The summed E-state index contributed by atoms with van der Waals surface area (Å²) in [6.07, 6.45) is 1.40. The van der Waals surface area contributed by atoms with Gasteiger partial charge in [0.1, 0.15) is 0 Å². The van der Waals surface area contributed by atoms with Crippen molar-refractivity contribution in [3.05, 3.63) is 10.1 Å². The van der Waals surface area contributed by atoms with Crippen molar-refractivity contribution in [3.8, 4) is 0 Å². The molecule has 4 nitrogen and oxygen atoms in total. The summed E-state index contributed by atoms with van der Waals surface area (Å²) in [4.78, 5) is 9.50. The van der Waals surface area contributed by atoms with E-state index >= 15 is 0 Å². The van der Waals surface area contributed by atoms with Crippen LogP contribution in [0.2, 0.25) is 0 Å². The fraction of sp³-hybridized carbons (Fsp3) is 1.00. The van der Waals surface area contributed by atoms with Gasteiger partial charge in [-0.15, -0.1) is 0 Å². The lowest BCUT2D eigenvalue weighted by molar-refractivity contribution is -0.480. The molecule has 0 aromatic rings. The van der Waals surface area contributed by atoms with E-state index in [2.05, 4.69) is 0 Å². The lowest BCUT2D eigenvalue weighted by Crippen LogP contribution is -2.02. The molecule has 4 heteroatoms. The van der Waals surface area contributed by atoms with Crippen LogP contribution in [0.5, 0.6) is 0 Å². The number of nitrogens with zero attached hydrogens (tertiary/aromatic N) is 1. The second-order valence-electron chi connectivity index (χ2n) is 1.96. The Balaban J connectivity index is 2.84. The van der Waals surface area contributed by atoms with E-state index in [1.165, 1.54) is 0 Å². The molecular formula is C6H13NO3. The number of nitro groups is 1. The zero-order chi connectivity index (χ0) is 7.82. The third-order valence-corrected chi connectivity index (χ3v) is 1.08. The van der Waals surface area contributed by atoms with Crippen molar-refractivity contribution in [3.63, 3.8) is 0 Å². The molecule has 0 fully saturated rings. The van der Waals surface area contributed by atoms with Crippen molar-refractivity contribution in [2.75, 3.05) is 19.8 Å². The Morgan fingerprint density at radius 1 is 1.50 bits per heavy atom. The Kier molecular flexibility index (Phi) is 6.06. The number of hydrogen-bond acceptors (Lipinski definition) is 3. The van der Waals surface area contributed by atoms with Gasteiger partial charge >= 0.3 is 0 Å². The molecule has 10 heavy (non-hydrogen) atoms. The Labute approximate surface area is 60.3 Å². The second-order valence-corrected chi connectivity index (χ2v) is 1.96. The van der Waals surface area contributed by atoms with Crippen LogP contribution in [0.1, 0.15) is 19.8 Å². The first-order valence-corrected chi connectivity index (χ1v) is 3.47. The molecule has 0 heterocycles. The van der Waals surface area contributed by atoms with E-state index in [1.807, 2.05) is 6.92 Å². The normalized spacial score (nSPS) is 9.70. The molecule has 0 aromatic carbocycles. The first-order chi connectivity index (χ1) is 4.77. The van der Waals surface area contributed by atoms with Crippen LogP contribution in [0.3, 0.4) is 0 Å². The van der Waals surface area contributed by atoms with Crippen LogP contribution in [-0.4, -0.2) is 24.7 Å². The molecule has 0 N–H and O–H groups in total. The summed E-state index contributed by atoms with van der Waals surface area (Å²) in [5.74, 6) is 0. The minimum Gasteiger partial charge on any atom is -0.382 e. The van der Waals surface area contributed by atoms with Gasteiger partial charge < -0.3 is 4.74 Å². The van der Waals surface area contributed by atoms with E-state index in [0.29, 0.717) is 19.6 Å². The van der Waals surface area contributed by atoms with Crippen molar-refractivity contribution in [2.24, 2.45) is 0 Å². The van der Waals surface area contributed by atoms with Gasteiger partial charge in [-0.2, -0.15) is 0 Å². The molecule has 0 atom stereocenters. The minimum absolute atomic E-state index is 0.0626. The highest BCUT2D eigenvalue weighted by Gasteiger charge is 1.94. The van der Waals surface area contributed by atoms with Crippen molar-refractivity contribution in [1.82, 2.24) is 0 Å². The first kappa shape index (κ1) is 9.36. The molecule has 0 aliphatic rings. The van der Waals surface area contributed by atoms with E-state index in [4.69, 9.17) is 4.74 Å². The highest BCUT2D eigenvalue weighted by molar-refractivity contribution is 4.35. The molecule has 0 bridgehead atoms. The average Bonchev–Trinajstić information content (AvgIpc) is 1.87. The summed E-state index contributed by atoms with van der Waals surface area (Å²) in [5.41, 5.74) is 0. The van der Waals surface area contributed by atoms with Gasteiger partial charge in [0.15, 0.2) is 0 Å². The van der Waals surface area contributed by atoms with Crippen molar-refractivity contribution in [1.29, 1.82) is 0 Å². The second kappa shape index (κ2) is 6.48. The smallest absolute Gasteiger partial charge is 0.204 e. The van der Waals surface area contributed by atoms with Crippen LogP contribution < -0.4 is 0 Å². The summed E-state index contributed by atoms with van der Waals surface area (Å²) in [7, 11) is 0. The van der Waals surface area contributed by atoms with Crippen LogP contribution in [0.25, 0.3) is 0 Å². The maximum Gasteiger partial charge on any atom is 0.204 e. The molecule has 0 aliphatic carbocycles. The Hall–Kier alpha value is -0.640. The molecule has 0 amide bonds. The Morgan fingerprint density at radius 2 is 2.20 bits per heavy atom. The molecule has 0 unspecified atom stereocenters. The standard InChI is InChI=1S/C6H13NO3/c1-2-10-6-4-3-5-7(8)9/h2-6H2,1H3. The van der Waals surface area contributed by atoms with E-state index in [-0.39, 0.29) is 11.5 Å². The van der Waals surface area contributed by atoms with Gasteiger partial charge in [-0.1, -0.05) is 0 Å². The number of hydrogen-bond donors (Lipinski definition) is 0. The van der Waals surface area contributed by atoms with Crippen LogP contribution in [0.4, 0.5) is 0 Å². The maximum atomic E-state index is 9.80. The molecule has 0 radical (unpaired) electrons. The number of rotatable bonds is 6. The van der Waals surface area contributed by atoms with Gasteiger partial charge in [0.2, 0.25) is 6.54 Å². The van der Waals surface area contributed by atoms with Gasteiger partial charge in [-0.05, 0) is 13.3 Å². The van der Waals surface area contributed by atoms with Gasteiger partial charge in [-0.25, -0.2) is 0 Å². The largest absolute Gasteiger partial charge is 0.382 e. The Morgan fingerprint density at radius 3 is 2.70 bits per heavy atom. The summed E-state index contributed by atoms with van der Waals surface area (Å²) in [5, 5.41) is 9.80. The van der Waals surface area contributed by atoms with Crippen LogP contribution >= 0.6 is 0 Å². The summed E-state index contributed by atoms with van der Waals surface area (Å²) < 4.78 is 4.99. The third-order valence-electron chi connectivity index (χ3n) is 1.08. The molecule has 0 aromatic heterocycles. The van der Waals surface area contributed by atoms with Gasteiger partial charge in [0, 0.05) is 24.6 Å². The summed E-state index contributed by atoms with van der Waals surface area (Å²) >= 11 is 0. The first-order valence-electron chi connectivity index (χ1n) is 3.47. The Bertz CT molecular complexity index is 95.0. The number of unbranched alkanes of at least 4 members (excludes halogenated alkanes) is 1. The van der Waals surface area contributed by atoms with Crippen molar-refractivity contribution in [2.45, 2.75) is 19.8 Å². The van der Waals surface area contributed by atoms with E-state index < -0.39 is 0 Å². The zero-order valence-corrected chi connectivity index (χ0v) is 6.21. The lowest BCUT2D eigenvalue weighted by atomic mass is 10.3. The zero-order valence-electron chi connectivity index (χ0n) is 6.21. The van der Waals surface area contributed by atoms with Gasteiger partial charge in [-0.3, -0.25) is 10.1 Å². The third kappa shape index (κ3) is 7.36. The quantitative estimate of drug-likeness (QED) is 0.321. The fourth-order valence-electron chi connectivity index (χ4n) is 0.589. The minimum atomic E-state index is -0.300. The molecular weight excluding hydrogens is 134 g/mol.